The second kappa shape index (κ2) is 6.56. The normalized spacial score (nSPS) is 17.9. The van der Waals surface area contributed by atoms with Crippen molar-refractivity contribution in [2.24, 2.45) is 5.92 Å². The topological polar surface area (TPSA) is 12.0 Å². The van der Waals surface area contributed by atoms with E-state index in [0.717, 1.165) is 5.92 Å². The maximum Gasteiger partial charge on any atom is 0.0322 e. The van der Waals surface area contributed by atoms with E-state index >= 15 is 0 Å². The molecule has 1 unspecified atom stereocenters. The molecule has 1 heteroatoms. The largest absolute Gasteiger partial charge is 0.313 e. The SMILES string of the molecule is CNC(CCC1CCCC1)c1c(C)cc(C)cc1C. The summed E-state index contributed by atoms with van der Waals surface area (Å²) in [5.74, 6) is 0.988. The first-order chi connectivity index (χ1) is 9.11. The van der Waals surface area contributed by atoms with Crippen molar-refractivity contribution in [3.05, 3.63) is 34.4 Å². The Morgan fingerprint density at radius 3 is 2.21 bits per heavy atom. The molecular weight excluding hydrogens is 230 g/mol. The molecule has 1 nitrogen and oxygen atoms in total. The van der Waals surface area contributed by atoms with Crippen molar-refractivity contribution < 1.29 is 0 Å². The number of benzene rings is 1. The van der Waals surface area contributed by atoms with E-state index < -0.39 is 0 Å². The summed E-state index contributed by atoms with van der Waals surface area (Å²) in [6.07, 6.45) is 8.50. The van der Waals surface area contributed by atoms with Gasteiger partial charge < -0.3 is 5.32 Å². The van der Waals surface area contributed by atoms with Crippen molar-refractivity contribution >= 4 is 0 Å². The molecule has 1 atom stereocenters. The van der Waals surface area contributed by atoms with Gasteiger partial charge in [-0.05, 0) is 63.3 Å². The molecule has 0 heterocycles. The summed E-state index contributed by atoms with van der Waals surface area (Å²) in [5, 5.41) is 3.54. The average Bonchev–Trinajstić information content (AvgIpc) is 2.85. The lowest BCUT2D eigenvalue weighted by molar-refractivity contribution is 0.426. The van der Waals surface area contributed by atoms with E-state index in [2.05, 4.69) is 45.3 Å². The lowest BCUT2D eigenvalue weighted by atomic mass is 9.89. The Balaban J connectivity index is 2.08. The summed E-state index contributed by atoms with van der Waals surface area (Å²) in [6, 6.07) is 5.17. The first-order valence-corrected chi connectivity index (χ1v) is 7.87. The quantitative estimate of drug-likeness (QED) is 0.797. The van der Waals surface area contributed by atoms with Crippen LogP contribution in [0.5, 0.6) is 0 Å². The van der Waals surface area contributed by atoms with Gasteiger partial charge in [-0.3, -0.25) is 0 Å². The fraction of sp³-hybridized carbons (Fsp3) is 0.667. The van der Waals surface area contributed by atoms with E-state index in [1.165, 1.54) is 60.8 Å². The number of aryl methyl sites for hydroxylation is 3. The van der Waals surface area contributed by atoms with E-state index in [1.54, 1.807) is 0 Å². The minimum absolute atomic E-state index is 0.529. The highest BCUT2D eigenvalue weighted by Crippen LogP contribution is 2.33. The third kappa shape index (κ3) is 3.60. The molecule has 0 amide bonds. The second-order valence-electron chi connectivity index (χ2n) is 6.38. The van der Waals surface area contributed by atoms with Crippen LogP contribution in [0.3, 0.4) is 0 Å². The van der Waals surface area contributed by atoms with Crippen molar-refractivity contribution in [3.8, 4) is 0 Å². The molecular formula is C18H29N. The highest BCUT2D eigenvalue weighted by atomic mass is 14.9. The van der Waals surface area contributed by atoms with Crippen LogP contribution in [0, 0.1) is 26.7 Å². The van der Waals surface area contributed by atoms with Gasteiger partial charge in [-0.2, -0.15) is 0 Å². The maximum atomic E-state index is 3.54. The van der Waals surface area contributed by atoms with E-state index in [4.69, 9.17) is 0 Å². The van der Waals surface area contributed by atoms with E-state index in [0.29, 0.717) is 6.04 Å². The molecule has 0 aromatic heterocycles. The van der Waals surface area contributed by atoms with Crippen LogP contribution in [-0.2, 0) is 0 Å². The summed E-state index contributed by atoms with van der Waals surface area (Å²) in [4.78, 5) is 0. The molecule has 1 aliphatic rings. The minimum atomic E-state index is 0.529. The van der Waals surface area contributed by atoms with Crippen molar-refractivity contribution in [3.63, 3.8) is 0 Å². The molecule has 1 aromatic rings. The van der Waals surface area contributed by atoms with Crippen LogP contribution in [-0.4, -0.2) is 7.05 Å². The molecule has 2 rings (SSSR count). The highest BCUT2D eigenvalue weighted by Gasteiger charge is 2.19. The predicted octanol–water partition coefficient (Wildman–Crippen LogP) is 4.84. The molecule has 1 fully saturated rings. The number of rotatable bonds is 5. The first kappa shape index (κ1) is 14.6. The smallest absolute Gasteiger partial charge is 0.0322 e. The van der Waals surface area contributed by atoms with Gasteiger partial charge in [0.1, 0.15) is 0 Å². The summed E-state index contributed by atoms with van der Waals surface area (Å²) >= 11 is 0. The molecule has 0 saturated heterocycles. The first-order valence-electron chi connectivity index (χ1n) is 7.87. The molecule has 0 spiro atoms. The Labute approximate surface area is 118 Å². The van der Waals surface area contributed by atoms with Crippen molar-refractivity contribution in [1.29, 1.82) is 0 Å². The van der Waals surface area contributed by atoms with Crippen molar-refractivity contribution in [2.45, 2.75) is 65.3 Å². The fourth-order valence-corrected chi connectivity index (χ4v) is 3.88. The average molecular weight is 259 g/mol. The fourth-order valence-electron chi connectivity index (χ4n) is 3.88. The van der Waals surface area contributed by atoms with E-state index in [-0.39, 0.29) is 0 Å². The number of hydrogen-bond donors (Lipinski definition) is 1. The van der Waals surface area contributed by atoms with Gasteiger partial charge in [-0.15, -0.1) is 0 Å². The molecule has 1 aliphatic carbocycles. The maximum absolute atomic E-state index is 3.54. The van der Waals surface area contributed by atoms with Crippen LogP contribution in [0.15, 0.2) is 12.1 Å². The van der Waals surface area contributed by atoms with Gasteiger partial charge in [-0.1, -0.05) is 43.4 Å². The van der Waals surface area contributed by atoms with Crippen LogP contribution in [0.25, 0.3) is 0 Å². The van der Waals surface area contributed by atoms with Gasteiger partial charge in [0.2, 0.25) is 0 Å². The lowest BCUT2D eigenvalue weighted by Crippen LogP contribution is -2.19. The zero-order valence-corrected chi connectivity index (χ0v) is 13.1. The molecule has 1 aromatic carbocycles. The Hall–Kier alpha value is -0.820. The Bertz CT molecular complexity index is 393. The molecule has 1 N–H and O–H groups in total. The standard InChI is InChI=1S/C18H29N/c1-13-11-14(2)18(15(3)12-13)17(19-4)10-9-16-7-5-6-8-16/h11-12,16-17,19H,5-10H2,1-4H3. The van der Waals surface area contributed by atoms with E-state index in [9.17, 15) is 0 Å². The van der Waals surface area contributed by atoms with Crippen LogP contribution in [0.2, 0.25) is 0 Å². The third-order valence-electron chi connectivity index (χ3n) is 4.77. The van der Waals surface area contributed by atoms with Crippen LogP contribution >= 0.6 is 0 Å². The zero-order valence-electron chi connectivity index (χ0n) is 13.1. The van der Waals surface area contributed by atoms with Gasteiger partial charge in [0.05, 0.1) is 0 Å². The predicted molar refractivity (Wildman–Crippen MR) is 83.6 cm³/mol. The van der Waals surface area contributed by atoms with E-state index in [1.807, 2.05) is 0 Å². The number of nitrogens with one attached hydrogen (secondary N) is 1. The van der Waals surface area contributed by atoms with Gasteiger partial charge >= 0.3 is 0 Å². The lowest BCUT2D eigenvalue weighted by Gasteiger charge is -2.23. The molecule has 0 aliphatic heterocycles. The summed E-state index contributed by atoms with van der Waals surface area (Å²) in [6.45, 7) is 6.71. The second-order valence-corrected chi connectivity index (χ2v) is 6.38. The number of hydrogen-bond acceptors (Lipinski definition) is 1. The summed E-state index contributed by atoms with van der Waals surface area (Å²) < 4.78 is 0. The van der Waals surface area contributed by atoms with Gasteiger partial charge in [0, 0.05) is 6.04 Å². The van der Waals surface area contributed by atoms with Gasteiger partial charge in [0.15, 0.2) is 0 Å². The Morgan fingerprint density at radius 1 is 1.11 bits per heavy atom. The molecule has 0 radical (unpaired) electrons. The summed E-state index contributed by atoms with van der Waals surface area (Å²) in [5.41, 5.74) is 5.81. The van der Waals surface area contributed by atoms with Gasteiger partial charge in [0.25, 0.3) is 0 Å². The van der Waals surface area contributed by atoms with Gasteiger partial charge in [-0.25, -0.2) is 0 Å². The van der Waals surface area contributed by atoms with Crippen molar-refractivity contribution in [1.82, 2.24) is 5.32 Å². The third-order valence-corrected chi connectivity index (χ3v) is 4.77. The molecule has 19 heavy (non-hydrogen) atoms. The van der Waals surface area contributed by atoms with Crippen molar-refractivity contribution in [2.75, 3.05) is 7.05 Å². The van der Waals surface area contributed by atoms with Crippen LogP contribution in [0.1, 0.15) is 66.8 Å². The Kier molecular flexibility index (Phi) is 5.04. The highest BCUT2D eigenvalue weighted by molar-refractivity contribution is 5.39. The summed E-state index contributed by atoms with van der Waals surface area (Å²) in [7, 11) is 2.11. The van der Waals surface area contributed by atoms with Crippen LogP contribution in [0.4, 0.5) is 0 Å². The van der Waals surface area contributed by atoms with Crippen LogP contribution < -0.4 is 5.32 Å². The zero-order chi connectivity index (χ0) is 13.8. The Morgan fingerprint density at radius 2 is 1.68 bits per heavy atom. The molecule has 106 valence electrons. The molecule has 1 saturated carbocycles. The molecule has 0 bridgehead atoms. The minimum Gasteiger partial charge on any atom is -0.313 e. The monoisotopic (exact) mass is 259 g/mol.